The van der Waals surface area contributed by atoms with Crippen molar-refractivity contribution in [3.63, 3.8) is 0 Å². The van der Waals surface area contributed by atoms with Gasteiger partial charge in [0.15, 0.2) is 0 Å². The first-order chi connectivity index (χ1) is 10.6. The molecule has 0 amide bonds. The van der Waals surface area contributed by atoms with Crippen molar-refractivity contribution < 1.29 is 9.53 Å². The second kappa shape index (κ2) is 6.13. The number of aryl methyl sites for hydroxylation is 1. The van der Waals surface area contributed by atoms with Crippen molar-refractivity contribution in [1.82, 2.24) is 4.98 Å². The van der Waals surface area contributed by atoms with Gasteiger partial charge in [0.1, 0.15) is 5.75 Å². The molecule has 2 aromatic rings. The van der Waals surface area contributed by atoms with E-state index in [1.807, 2.05) is 18.2 Å². The lowest BCUT2D eigenvalue weighted by Gasteiger charge is -2.24. The number of nitrogen functional groups attached to an aromatic ring is 1. The Morgan fingerprint density at radius 2 is 2.05 bits per heavy atom. The van der Waals surface area contributed by atoms with E-state index in [0.717, 1.165) is 18.4 Å². The Kier molecular flexibility index (Phi) is 4.21. The van der Waals surface area contributed by atoms with Crippen LogP contribution in [0, 0.1) is 6.92 Å². The summed E-state index contributed by atoms with van der Waals surface area (Å²) in [5.41, 5.74) is 8.10. The summed E-state index contributed by atoms with van der Waals surface area (Å²) >= 11 is 5.66. The van der Waals surface area contributed by atoms with Crippen LogP contribution in [0.25, 0.3) is 10.9 Å². The molecule has 0 spiro atoms. The predicted molar refractivity (Wildman–Crippen MR) is 88.6 cm³/mol. The summed E-state index contributed by atoms with van der Waals surface area (Å²) < 4.78 is 6.15. The number of nitrogens with zero attached hydrogens (tertiary/aromatic N) is 1. The van der Waals surface area contributed by atoms with E-state index in [2.05, 4.69) is 4.98 Å². The van der Waals surface area contributed by atoms with Gasteiger partial charge in [0.2, 0.25) is 0 Å². The fraction of sp³-hybridized carbons (Fsp3) is 0.412. The van der Waals surface area contributed by atoms with Crippen LogP contribution < -0.4 is 10.5 Å². The van der Waals surface area contributed by atoms with E-state index in [-0.39, 0.29) is 11.7 Å². The highest BCUT2D eigenvalue weighted by atomic mass is 35.5. The molecule has 5 heteroatoms. The van der Waals surface area contributed by atoms with Crippen LogP contribution in [0.4, 0.5) is 5.69 Å². The molecule has 1 aromatic carbocycles. The number of carbonyl (C=O) groups excluding carboxylic acids is 1. The molecule has 1 fully saturated rings. The number of nitrogens with two attached hydrogens (primary N) is 1. The molecular weight excluding hydrogens is 300 g/mol. The maximum Gasteiger partial charge on any atom is 0.256 e. The normalized spacial score (nSPS) is 15.9. The largest absolute Gasteiger partial charge is 0.490 e. The zero-order chi connectivity index (χ0) is 15.7. The van der Waals surface area contributed by atoms with Crippen LogP contribution in [-0.4, -0.2) is 16.3 Å². The van der Waals surface area contributed by atoms with Gasteiger partial charge in [-0.15, -0.1) is 0 Å². The average molecular weight is 319 g/mol. The number of hydrogen-bond donors (Lipinski definition) is 1. The summed E-state index contributed by atoms with van der Waals surface area (Å²) in [6, 6.07) is 5.65. The third-order valence-corrected chi connectivity index (χ3v) is 4.42. The first-order valence-corrected chi connectivity index (χ1v) is 8.01. The standard InChI is InChI=1S/C17H19ClN2O2/c1-10-14(17(18)21)16(19)15-12(20-10)8-5-9-13(15)22-11-6-3-2-4-7-11/h5,8-9,11H,2-4,6-7H2,1H3,(H2,19,20). The van der Waals surface area contributed by atoms with Gasteiger partial charge in [0.25, 0.3) is 5.24 Å². The van der Waals surface area contributed by atoms with Crippen LogP contribution in [-0.2, 0) is 0 Å². The molecule has 0 bridgehead atoms. The van der Waals surface area contributed by atoms with Crippen molar-refractivity contribution in [1.29, 1.82) is 0 Å². The Morgan fingerprint density at radius 3 is 2.73 bits per heavy atom. The number of fused-ring (bicyclic) bond motifs is 1. The van der Waals surface area contributed by atoms with Crippen LogP contribution in [0.2, 0.25) is 0 Å². The molecule has 1 saturated carbocycles. The Morgan fingerprint density at radius 1 is 1.32 bits per heavy atom. The summed E-state index contributed by atoms with van der Waals surface area (Å²) in [4.78, 5) is 16.1. The van der Waals surface area contributed by atoms with Crippen molar-refractivity contribution in [3.05, 3.63) is 29.5 Å². The first-order valence-electron chi connectivity index (χ1n) is 7.63. The smallest absolute Gasteiger partial charge is 0.256 e. The minimum absolute atomic E-state index is 0.204. The number of benzene rings is 1. The van der Waals surface area contributed by atoms with Crippen LogP contribution >= 0.6 is 11.6 Å². The van der Waals surface area contributed by atoms with Crippen molar-refractivity contribution in [2.45, 2.75) is 45.1 Å². The Hall–Kier alpha value is -1.81. The Labute approximate surface area is 134 Å². The lowest BCUT2D eigenvalue weighted by molar-refractivity contribution is 0.108. The molecule has 0 atom stereocenters. The highest BCUT2D eigenvalue weighted by Crippen LogP contribution is 2.35. The molecule has 1 heterocycles. The molecule has 0 unspecified atom stereocenters. The zero-order valence-corrected chi connectivity index (χ0v) is 13.3. The lowest BCUT2D eigenvalue weighted by atomic mass is 9.97. The minimum Gasteiger partial charge on any atom is -0.490 e. The minimum atomic E-state index is -0.586. The number of anilines is 1. The number of halogens is 1. The van der Waals surface area contributed by atoms with Gasteiger partial charge in [-0.2, -0.15) is 0 Å². The maximum atomic E-state index is 11.6. The molecule has 4 nitrogen and oxygen atoms in total. The summed E-state index contributed by atoms with van der Waals surface area (Å²) in [5.74, 6) is 0.688. The molecule has 22 heavy (non-hydrogen) atoms. The molecule has 1 aromatic heterocycles. The van der Waals surface area contributed by atoms with E-state index < -0.39 is 5.24 Å². The van der Waals surface area contributed by atoms with Gasteiger partial charge in [-0.3, -0.25) is 9.78 Å². The molecule has 2 N–H and O–H groups in total. The molecule has 1 aliphatic rings. The molecule has 116 valence electrons. The number of hydrogen-bond acceptors (Lipinski definition) is 4. The number of rotatable bonds is 3. The lowest BCUT2D eigenvalue weighted by Crippen LogP contribution is -2.20. The van der Waals surface area contributed by atoms with Gasteiger partial charge in [-0.05, 0) is 56.3 Å². The van der Waals surface area contributed by atoms with Crippen molar-refractivity contribution >= 4 is 33.4 Å². The second-order valence-corrected chi connectivity index (χ2v) is 6.13. The summed E-state index contributed by atoms with van der Waals surface area (Å²) in [6.07, 6.45) is 5.95. The number of pyridine rings is 1. The third-order valence-electron chi connectivity index (χ3n) is 4.24. The van der Waals surface area contributed by atoms with Crippen molar-refractivity contribution in [2.24, 2.45) is 0 Å². The van der Waals surface area contributed by atoms with Gasteiger partial charge < -0.3 is 10.5 Å². The van der Waals surface area contributed by atoms with Crippen LogP contribution in [0.1, 0.15) is 48.2 Å². The molecule has 0 saturated heterocycles. The van der Waals surface area contributed by atoms with Gasteiger partial charge in [-0.1, -0.05) is 12.5 Å². The summed E-state index contributed by atoms with van der Waals surface area (Å²) in [7, 11) is 0. The fourth-order valence-corrected chi connectivity index (χ4v) is 3.39. The molecule has 0 radical (unpaired) electrons. The summed E-state index contributed by atoms with van der Waals surface area (Å²) in [6.45, 7) is 1.74. The molecular formula is C17H19ClN2O2. The number of carbonyl (C=O) groups is 1. The highest BCUT2D eigenvalue weighted by molar-refractivity contribution is 6.68. The highest BCUT2D eigenvalue weighted by Gasteiger charge is 2.20. The van der Waals surface area contributed by atoms with Gasteiger partial charge in [0, 0.05) is 0 Å². The van der Waals surface area contributed by atoms with Gasteiger partial charge in [0.05, 0.1) is 34.0 Å². The van der Waals surface area contributed by atoms with E-state index in [1.165, 1.54) is 19.3 Å². The van der Waals surface area contributed by atoms with Gasteiger partial charge in [-0.25, -0.2) is 0 Å². The van der Waals surface area contributed by atoms with E-state index in [9.17, 15) is 4.79 Å². The van der Waals surface area contributed by atoms with E-state index in [1.54, 1.807) is 6.92 Å². The monoisotopic (exact) mass is 318 g/mol. The maximum absolute atomic E-state index is 11.6. The zero-order valence-electron chi connectivity index (χ0n) is 12.6. The molecule has 3 rings (SSSR count). The molecule has 1 aliphatic carbocycles. The second-order valence-electron chi connectivity index (χ2n) is 5.79. The Bertz CT molecular complexity index is 724. The van der Waals surface area contributed by atoms with Crippen LogP contribution in [0.3, 0.4) is 0 Å². The fourth-order valence-electron chi connectivity index (χ4n) is 3.15. The third kappa shape index (κ3) is 2.75. The van der Waals surface area contributed by atoms with E-state index >= 15 is 0 Å². The summed E-state index contributed by atoms with van der Waals surface area (Å²) in [5, 5.41) is 0.0968. The SMILES string of the molecule is Cc1nc2cccc(OC3CCCCC3)c2c(N)c1C(=O)Cl. The van der Waals surface area contributed by atoms with Gasteiger partial charge >= 0.3 is 0 Å². The molecule has 0 aliphatic heterocycles. The Balaban J connectivity index is 2.10. The number of aromatic nitrogens is 1. The quantitative estimate of drug-likeness (QED) is 0.861. The van der Waals surface area contributed by atoms with Crippen molar-refractivity contribution in [2.75, 3.05) is 5.73 Å². The predicted octanol–water partition coefficient (Wildman–Crippen LogP) is 4.22. The van der Waals surface area contributed by atoms with Crippen LogP contribution in [0.5, 0.6) is 5.75 Å². The topological polar surface area (TPSA) is 65.2 Å². The van der Waals surface area contributed by atoms with E-state index in [4.69, 9.17) is 22.1 Å². The van der Waals surface area contributed by atoms with Crippen LogP contribution in [0.15, 0.2) is 18.2 Å². The first kappa shape index (κ1) is 15.1. The number of ether oxygens (including phenoxy) is 1. The van der Waals surface area contributed by atoms with E-state index in [0.29, 0.717) is 22.5 Å². The van der Waals surface area contributed by atoms with Crippen molar-refractivity contribution in [3.8, 4) is 5.75 Å². The average Bonchev–Trinajstić information content (AvgIpc) is 2.47.